The molecule has 5 aliphatic rings. The zero-order valence-corrected chi connectivity index (χ0v) is 30.2. The smallest absolute Gasteiger partial charge is 0.264 e. The first-order chi connectivity index (χ1) is 25.8. The molecule has 1 atom stereocenters. The molecule has 16 nitrogen and oxygen atoms in total. The summed E-state index contributed by atoms with van der Waals surface area (Å²) in [6, 6.07) is 12.1. The van der Waals surface area contributed by atoms with Crippen molar-refractivity contribution in [3.05, 3.63) is 59.7 Å². The van der Waals surface area contributed by atoms with E-state index in [1.807, 2.05) is 0 Å². The summed E-state index contributed by atoms with van der Waals surface area (Å²) in [6.45, 7) is 0.976. The van der Waals surface area contributed by atoms with Crippen molar-refractivity contribution in [2.75, 3.05) is 42.3 Å². The van der Waals surface area contributed by atoms with E-state index in [1.165, 1.54) is 6.07 Å². The van der Waals surface area contributed by atoms with E-state index in [-0.39, 0.29) is 71.3 Å². The SMILES string of the molecule is Nc1nnc(-c2ccccc2O)cc1OCC12CC(C(=O)NCCCCS(=O)(=O)CCCNc3cccc4c3C(=O)N(C3CCC(=O)NC3=O)C4=O)(C1)C2. The van der Waals surface area contributed by atoms with Crippen LogP contribution in [-0.2, 0) is 24.2 Å². The lowest BCUT2D eigenvalue weighted by Gasteiger charge is -2.68. The minimum atomic E-state index is -3.37. The maximum atomic E-state index is 13.3. The minimum Gasteiger partial charge on any atom is -0.507 e. The molecule has 0 spiro atoms. The van der Waals surface area contributed by atoms with Crippen molar-refractivity contribution >= 4 is 50.9 Å². The number of nitrogens with two attached hydrogens (primary N) is 1. The molecule has 1 aromatic heterocycles. The summed E-state index contributed by atoms with van der Waals surface area (Å²) in [4.78, 5) is 64.0. The van der Waals surface area contributed by atoms with Crippen LogP contribution in [0, 0.1) is 10.8 Å². The van der Waals surface area contributed by atoms with Gasteiger partial charge in [0.1, 0.15) is 27.3 Å². The normalized spacial score (nSPS) is 22.9. The highest BCUT2D eigenvalue weighted by molar-refractivity contribution is 7.91. The van der Waals surface area contributed by atoms with E-state index in [2.05, 4.69) is 26.1 Å². The molecular weight excluding hydrogens is 719 g/mol. The first kappa shape index (κ1) is 36.8. The molecule has 0 radical (unpaired) electrons. The highest BCUT2D eigenvalue weighted by Gasteiger charge is 2.71. The van der Waals surface area contributed by atoms with Crippen molar-refractivity contribution in [3.8, 4) is 22.8 Å². The number of benzene rings is 2. The zero-order chi connectivity index (χ0) is 38.3. The monoisotopic (exact) mass is 759 g/mol. The molecule has 3 saturated carbocycles. The summed E-state index contributed by atoms with van der Waals surface area (Å²) in [5.41, 5.74) is 7.02. The Bertz CT molecular complexity index is 2140. The number of amides is 5. The number of phenols is 1. The molecule has 3 heterocycles. The predicted molar refractivity (Wildman–Crippen MR) is 195 cm³/mol. The number of nitrogens with zero attached hydrogens (tertiary/aromatic N) is 3. The fourth-order valence-corrected chi connectivity index (χ4v) is 9.49. The van der Waals surface area contributed by atoms with Crippen LogP contribution in [-0.4, -0.2) is 95.4 Å². The fourth-order valence-electron chi connectivity index (χ4n) is 8.06. The zero-order valence-electron chi connectivity index (χ0n) is 29.4. The Hall–Kier alpha value is -5.58. The minimum absolute atomic E-state index is 0.0194. The van der Waals surface area contributed by atoms with E-state index in [0.717, 1.165) is 4.90 Å². The van der Waals surface area contributed by atoms with Gasteiger partial charge in [-0.15, -0.1) is 10.2 Å². The number of nitrogens with one attached hydrogen (secondary N) is 3. The number of rotatable bonds is 16. The van der Waals surface area contributed by atoms with Crippen LogP contribution in [0.25, 0.3) is 11.3 Å². The molecule has 2 aromatic carbocycles. The number of fused-ring (bicyclic) bond motifs is 1. The maximum absolute atomic E-state index is 13.3. The summed E-state index contributed by atoms with van der Waals surface area (Å²) in [5, 5.41) is 26.4. The van der Waals surface area contributed by atoms with Crippen LogP contribution in [0.1, 0.15) is 72.1 Å². The van der Waals surface area contributed by atoms with Crippen molar-refractivity contribution in [3.63, 3.8) is 0 Å². The third-order valence-electron chi connectivity index (χ3n) is 10.7. The van der Waals surface area contributed by atoms with Gasteiger partial charge in [0.05, 0.1) is 34.7 Å². The number of hydrogen-bond donors (Lipinski definition) is 5. The number of carbonyl (C=O) groups excluding carboxylic acids is 5. The summed E-state index contributed by atoms with van der Waals surface area (Å²) in [5.74, 6) is -1.96. The Morgan fingerprint density at radius 2 is 1.70 bits per heavy atom. The number of aromatic hydroxyl groups is 1. The number of sulfone groups is 1. The number of hydrogen-bond acceptors (Lipinski definition) is 13. The lowest BCUT2D eigenvalue weighted by molar-refractivity contribution is -0.217. The van der Waals surface area contributed by atoms with Crippen molar-refractivity contribution in [2.24, 2.45) is 10.8 Å². The van der Waals surface area contributed by atoms with Gasteiger partial charge < -0.3 is 26.2 Å². The Balaban J connectivity index is 0.795. The highest BCUT2D eigenvalue weighted by atomic mass is 32.2. The number of anilines is 2. The summed E-state index contributed by atoms with van der Waals surface area (Å²) in [7, 11) is -3.37. The van der Waals surface area contributed by atoms with Gasteiger partial charge in [-0.3, -0.25) is 34.2 Å². The van der Waals surface area contributed by atoms with Gasteiger partial charge in [-0.25, -0.2) is 8.42 Å². The largest absolute Gasteiger partial charge is 0.507 e. The second-order valence-corrected chi connectivity index (χ2v) is 17.0. The van der Waals surface area contributed by atoms with Gasteiger partial charge >= 0.3 is 0 Å². The number of ether oxygens (including phenoxy) is 1. The topological polar surface area (TPSA) is 240 Å². The molecule has 17 heteroatoms. The fraction of sp³-hybridized carbons (Fsp3) is 0.432. The standard InChI is InChI=1S/C37H41N7O9S/c38-31-28(17-25(42-43-31)22-7-1-2-10-27(22)45)53-21-36-18-37(19-36,20-36)35(50)40-13-3-4-15-54(51,52)16-6-14-39-24-9-5-8-23-30(24)34(49)44(33(23)48)26-11-12-29(46)41-32(26)47/h1-2,5,7-10,17,26,39,45H,3-4,6,11-16,18-21H2,(H2,38,43)(H,40,50)(H,41,46,47). The van der Waals surface area contributed by atoms with E-state index < -0.39 is 44.9 Å². The Morgan fingerprint density at radius 1 is 0.963 bits per heavy atom. The number of aromatic nitrogens is 2. The van der Waals surface area contributed by atoms with Crippen LogP contribution in [0.15, 0.2) is 48.5 Å². The van der Waals surface area contributed by atoms with Crippen LogP contribution in [0.4, 0.5) is 11.5 Å². The average molecular weight is 760 g/mol. The molecule has 2 aliphatic heterocycles. The molecule has 1 saturated heterocycles. The Morgan fingerprint density at radius 3 is 2.46 bits per heavy atom. The average Bonchev–Trinajstić information content (AvgIpc) is 3.35. The van der Waals surface area contributed by atoms with Gasteiger partial charge in [-0.2, -0.15) is 0 Å². The van der Waals surface area contributed by atoms with Gasteiger partial charge in [0, 0.05) is 42.2 Å². The quantitative estimate of drug-likeness (QED) is 0.104. The van der Waals surface area contributed by atoms with Crippen molar-refractivity contribution in [2.45, 2.75) is 57.4 Å². The molecule has 2 bridgehead atoms. The second kappa shape index (κ2) is 14.3. The predicted octanol–water partition coefficient (Wildman–Crippen LogP) is 2.20. The molecule has 3 aromatic rings. The summed E-state index contributed by atoms with van der Waals surface area (Å²) < 4.78 is 31.5. The highest BCUT2D eigenvalue weighted by Crippen LogP contribution is 2.73. The van der Waals surface area contributed by atoms with Gasteiger partial charge in [0.2, 0.25) is 17.7 Å². The first-order valence-corrected chi connectivity index (χ1v) is 19.7. The number of phenolic OH excluding ortho intramolecular Hbond substituents is 1. The second-order valence-electron chi connectivity index (χ2n) is 14.7. The maximum Gasteiger partial charge on any atom is 0.264 e. The van der Waals surface area contributed by atoms with E-state index in [1.54, 1.807) is 42.5 Å². The van der Waals surface area contributed by atoms with Gasteiger partial charge in [0.15, 0.2) is 11.6 Å². The van der Waals surface area contributed by atoms with Gasteiger partial charge in [-0.1, -0.05) is 18.2 Å². The number of carbonyl (C=O) groups is 5. The summed E-state index contributed by atoms with van der Waals surface area (Å²) >= 11 is 0. The van der Waals surface area contributed by atoms with Gasteiger partial charge in [0.25, 0.3) is 11.8 Å². The van der Waals surface area contributed by atoms with Crippen molar-refractivity contribution in [1.82, 2.24) is 25.7 Å². The van der Waals surface area contributed by atoms with Crippen LogP contribution in [0.5, 0.6) is 11.5 Å². The van der Waals surface area contributed by atoms with E-state index in [4.69, 9.17) is 10.5 Å². The number of unbranched alkanes of at least 4 members (excludes halogenated alkanes) is 1. The van der Waals surface area contributed by atoms with E-state index >= 15 is 0 Å². The molecule has 8 rings (SSSR count). The van der Waals surface area contributed by atoms with Crippen LogP contribution >= 0.6 is 0 Å². The summed E-state index contributed by atoms with van der Waals surface area (Å²) in [6.07, 6.45) is 3.30. The van der Waals surface area contributed by atoms with Gasteiger partial charge in [-0.05, 0) is 69.2 Å². The number of para-hydroxylation sites is 1. The van der Waals surface area contributed by atoms with Crippen LogP contribution in [0.2, 0.25) is 0 Å². The lowest BCUT2D eigenvalue weighted by Crippen LogP contribution is -2.69. The third-order valence-corrected chi connectivity index (χ3v) is 12.5. The number of nitrogen functional groups attached to an aromatic ring is 1. The first-order valence-electron chi connectivity index (χ1n) is 17.9. The third kappa shape index (κ3) is 7.07. The lowest BCUT2D eigenvalue weighted by atomic mass is 9.35. The molecule has 4 fully saturated rings. The Labute approximate surface area is 311 Å². The van der Waals surface area contributed by atoms with Crippen LogP contribution < -0.4 is 26.4 Å². The molecule has 54 heavy (non-hydrogen) atoms. The van der Waals surface area contributed by atoms with Crippen LogP contribution in [0.3, 0.4) is 0 Å². The Kier molecular flexibility index (Phi) is 9.76. The molecule has 1 unspecified atom stereocenters. The van der Waals surface area contributed by atoms with E-state index in [0.29, 0.717) is 68.0 Å². The molecular formula is C37H41N7O9S. The molecule has 5 amide bonds. The van der Waals surface area contributed by atoms with Crippen molar-refractivity contribution < 1.29 is 42.2 Å². The molecule has 3 aliphatic carbocycles. The molecule has 6 N–H and O–H groups in total. The number of piperidine rings is 1. The molecule has 284 valence electrons. The van der Waals surface area contributed by atoms with E-state index in [9.17, 15) is 37.5 Å². The van der Waals surface area contributed by atoms with Crippen molar-refractivity contribution in [1.29, 1.82) is 0 Å². The number of imide groups is 2.